The van der Waals surface area contributed by atoms with Gasteiger partial charge in [0.2, 0.25) is 0 Å². The average Bonchev–Trinajstić information content (AvgIpc) is 2.60. The van der Waals surface area contributed by atoms with Gasteiger partial charge >= 0.3 is 5.97 Å². The summed E-state index contributed by atoms with van der Waals surface area (Å²) in [5.74, 6) is -5.70. The van der Waals surface area contributed by atoms with Crippen molar-refractivity contribution in [1.29, 1.82) is 0 Å². The minimum atomic E-state index is -1.63. The average molecular weight is 348 g/mol. The quantitative estimate of drug-likeness (QED) is 0.393. The number of halogens is 3. The third-order valence-corrected chi connectivity index (χ3v) is 3.23. The van der Waals surface area contributed by atoms with Gasteiger partial charge < -0.3 is 9.84 Å². The van der Waals surface area contributed by atoms with Crippen LogP contribution in [0.1, 0.15) is 24.2 Å². The maximum atomic E-state index is 13.1. The summed E-state index contributed by atoms with van der Waals surface area (Å²) in [7, 11) is 0. The summed E-state index contributed by atoms with van der Waals surface area (Å²) in [6, 6.07) is 10.3. The highest BCUT2D eigenvalue weighted by Crippen LogP contribution is 2.23. The van der Waals surface area contributed by atoms with Gasteiger partial charge in [-0.05, 0) is 35.0 Å². The van der Waals surface area contributed by atoms with Gasteiger partial charge in [-0.2, -0.15) is 0 Å². The zero-order valence-corrected chi connectivity index (χ0v) is 13.5. The molecule has 3 aromatic carbocycles. The number of esters is 1. The van der Waals surface area contributed by atoms with Crippen molar-refractivity contribution in [1.82, 2.24) is 0 Å². The summed E-state index contributed by atoms with van der Waals surface area (Å²) >= 11 is 0. The highest BCUT2D eigenvalue weighted by Gasteiger charge is 2.15. The van der Waals surface area contributed by atoms with Gasteiger partial charge in [-0.3, -0.25) is 0 Å². The van der Waals surface area contributed by atoms with E-state index in [9.17, 15) is 23.1 Å². The summed E-state index contributed by atoms with van der Waals surface area (Å²) in [6.45, 7) is 4.00. The Hall–Kier alpha value is -3.02. The fourth-order valence-corrected chi connectivity index (χ4v) is 2.12. The lowest BCUT2D eigenvalue weighted by Gasteiger charge is -2.07. The van der Waals surface area contributed by atoms with Gasteiger partial charge in [-0.1, -0.05) is 26.0 Å². The van der Waals surface area contributed by atoms with Crippen molar-refractivity contribution in [2.45, 2.75) is 13.8 Å². The molecule has 3 nitrogen and oxygen atoms in total. The van der Waals surface area contributed by atoms with Crippen LogP contribution >= 0.6 is 0 Å². The molecule has 0 fully saturated rings. The van der Waals surface area contributed by atoms with Gasteiger partial charge in [0.15, 0.2) is 17.5 Å². The van der Waals surface area contributed by atoms with Crippen LogP contribution in [0.4, 0.5) is 13.2 Å². The van der Waals surface area contributed by atoms with Crippen molar-refractivity contribution in [2.75, 3.05) is 0 Å². The van der Waals surface area contributed by atoms with E-state index in [2.05, 4.69) is 0 Å². The van der Waals surface area contributed by atoms with Crippen LogP contribution in [0.5, 0.6) is 11.5 Å². The van der Waals surface area contributed by atoms with Gasteiger partial charge in [-0.15, -0.1) is 0 Å². The van der Waals surface area contributed by atoms with E-state index in [0.29, 0.717) is 22.9 Å². The second-order valence-corrected chi connectivity index (χ2v) is 4.84. The van der Waals surface area contributed by atoms with Crippen LogP contribution in [0.3, 0.4) is 0 Å². The first-order valence-corrected chi connectivity index (χ1v) is 7.53. The number of fused-ring (bicyclic) bond motifs is 1. The third-order valence-electron chi connectivity index (χ3n) is 3.23. The van der Waals surface area contributed by atoms with Gasteiger partial charge in [-0.25, -0.2) is 18.0 Å². The van der Waals surface area contributed by atoms with Crippen LogP contribution in [0, 0.1) is 17.5 Å². The molecule has 3 aromatic rings. The Balaban J connectivity index is 0.00000109. The number of carbonyl (C=O) groups is 1. The van der Waals surface area contributed by atoms with E-state index in [4.69, 9.17) is 4.74 Å². The monoisotopic (exact) mass is 348 g/mol. The molecule has 0 aliphatic carbocycles. The Bertz CT molecular complexity index is 900. The fraction of sp³-hybridized carbons (Fsp3) is 0.105. The smallest absolute Gasteiger partial charge is 0.343 e. The van der Waals surface area contributed by atoms with Gasteiger partial charge in [0.25, 0.3) is 0 Å². The second kappa shape index (κ2) is 7.70. The highest BCUT2D eigenvalue weighted by atomic mass is 19.2. The van der Waals surface area contributed by atoms with Gasteiger partial charge in [0.1, 0.15) is 11.5 Å². The molecule has 0 saturated carbocycles. The van der Waals surface area contributed by atoms with E-state index in [0.717, 1.165) is 0 Å². The molecule has 6 heteroatoms. The lowest BCUT2D eigenvalue weighted by molar-refractivity contribution is 0.0733. The van der Waals surface area contributed by atoms with Crippen molar-refractivity contribution in [3.8, 4) is 11.5 Å². The second-order valence-electron chi connectivity index (χ2n) is 4.84. The predicted molar refractivity (Wildman–Crippen MR) is 88.2 cm³/mol. The van der Waals surface area contributed by atoms with Crippen LogP contribution in [-0.2, 0) is 0 Å². The largest absolute Gasteiger partial charge is 0.508 e. The SMILES string of the molecule is CC.O=C(Oc1cc(F)c(F)c(F)c1)c1ccc2cc(O)ccc2c1. The van der Waals surface area contributed by atoms with Crippen LogP contribution in [0.25, 0.3) is 10.8 Å². The Morgan fingerprint density at radius 3 is 2.08 bits per heavy atom. The number of hydrogen-bond acceptors (Lipinski definition) is 3. The lowest BCUT2D eigenvalue weighted by Crippen LogP contribution is -2.09. The standard InChI is InChI=1S/C17H9F3O3.C2H6/c18-14-7-13(8-15(19)16(14)20)23-17(22)11-2-1-10-6-12(21)4-3-9(10)5-11;1-2/h1-8,21H;1-2H3. The lowest BCUT2D eigenvalue weighted by atomic mass is 10.1. The number of phenols is 1. The minimum absolute atomic E-state index is 0.0880. The number of ether oxygens (including phenoxy) is 1. The zero-order chi connectivity index (χ0) is 18.6. The van der Waals surface area contributed by atoms with Crippen molar-refractivity contribution in [3.05, 3.63) is 71.5 Å². The molecular formula is C19H15F3O3. The van der Waals surface area contributed by atoms with Crippen molar-refractivity contribution < 1.29 is 27.8 Å². The van der Waals surface area contributed by atoms with Crippen LogP contribution in [0.2, 0.25) is 0 Å². The predicted octanol–water partition coefficient (Wildman–Crippen LogP) is 5.21. The number of carbonyl (C=O) groups excluding carboxylic acids is 1. The first kappa shape index (κ1) is 18.3. The summed E-state index contributed by atoms with van der Waals surface area (Å²) < 4.78 is 43.9. The molecular weight excluding hydrogens is 333 g/mol. The summed E-state index contributed by atoms with van der Waals surface area (Å²) in [5.41, 5.74) is 0.147. The number of rotatable bonds is 2. The maximum Gasteiger partial charge on any atom is 0.343 e. The topological polar surface area (TPSA) is 46.5 Å². The van der Waals surface area contributed by atoms with E-state index in [1.165, 1.54) is 24.3 Å². The van der Waals surface area contributed by atoms with Crippen molar-refractivity contribution >= 4 is 16.7 Å². The normalized spacial score (nSPS) is 10.1. The molecule has 1 N–H and O–H groups in total. The molecule has 0 amide bonds. The molecule has 0 saturated heterocycles. The molecule has 0 spiro atoms. The van der Waals surface area contributed by atoms with E-state index in [1.807, 2.05) is 13.8 Å². The van der Waals surface area contributed by atoms with E-state index in [-0.39, 0.29) is 11.3 Å². The highest BCUT2D eigenvalue weighted by molar-refractivity contribution is 5.96. The summed E-state index contributed by atoms with van der Waals surface area (Å²) in [6.07, 6.45) is 0. The summed E-state index contributed by atoms with van der Waals surface area (Å²) in [4.78, 5) is 12.0. The third kappa shape index (κ3) is 4.09. The molecule has 0 bridgehead atoms. The Labute approximate surface area is 142 Å². The molecule has 0 aliphatic heterocycles. The van der Waals surface area contributed by atoms with Crippen LogP contribution in [0.15, 0.2) is 48.5 Å². The Kier molecular flexibility index (Phi) is 5.64. The number of benzene rings is 3. The van der Waals surface area contributed by atoms with E-state index >= 15 is 0 Å². The maximum absolute atomic E-state index is 13.1. The molecule has 25 heavy (non-hydrogen) atoms. The van der Waals surface area contributed by atoms with E-state index in [1.54, 1.807) is 12.1 Å². The van der Waals surface area contributed by atoms with Crippen molar-refractivity contribution in [2.24, 2.45) is 0 Å². The number of hydrogen-bond donors (Lipinski definition) is 1. The molecule has 0 radical (unpaired) electrons. The van der Waals surface area contributed by atoms with Gasteiger partial charge in [0.05, 0.1) is 5.56 Å². The molecule has 130 valence electrons. The van der Waals surface area contributed by atoms with Crippen LogP contribution in [-0.4, -0.2) is 11.1 Å². The Morgan fingerprint density at radius 2 is 1.44 bits per heavy atom. The molecule has 0 aromatic heterocycles. The number of aromatic hydroxyl groups is 1. The molecule has 0 aliphatic rings. The molecule has 0 unspecified atom stereocenters. The first-order valence-electron chi connectivity index (χ1n) is 7.53. The summed E-state index contributed by atoms with van der Waals surface area (Å²) in [5, 5.41) is 10.8. The molecule has 0 heterocycles. The molecule has 3 rings (SSSR count). The molecule has 0 atom stereocenters. The van der Waals surface area contributed by atoms with E-state index < -0.39 is 29.2 Å². The zero-order valence-electron chi connectivity index (χ0n) is 13.5. The minimum Gasteiger partial charge on any atom is -0.508 e. The van der Waals surface area contributed by atoms with Crippen LogP contribution < -0.4 is 4.74 Å². The number of phenolic OH excluding ortho intramolecular Hbond substituents is 1. The van der Waals surface area contributed by atoms with Gasteiger partial charge in [0, 0.05) is 12.1 Å². The first-order chi connectivity index (χ1) is 11.9. The fourth-order valence-electron chi connectivity index (χ4n) is 2.12. The Morgan fingerprint density at radius 1 is 0.880 bits per heavy atom. The van der Waals surface area contributed by atoms with Crippen molar-refractivity contribution in [3.63, 3.8) is 0 Å².